The molecule has 2 saturated heterocycles. The normalized spacial score (nSPS) is 24.3. The number of hydrogen-bond donors (Lipinski definition) is 0. The predicted molar refractivity (Wildman–Crippen MR) is 100 cm³/mol. The summed E-state index contributed by atoms with van der Waals surface area (Å²) in [6.07, 6.45) is 4.89. The molecule has 1 saturated carbocycles. The summed E-state index contributed by atoms with van der Waals surface area (Å²) in [5, 5.41) is 0. The van der Waals surface area contributed by atoms with E-state index in [9.17, 15) is 4.79 Å². The van der Waals surface area contributed by atoms with Crippen LogP contribution in [0.25, 0.3) is 0 Å². The summed E-state index contributed by atoms with van der Waals surface area (Å²) in [5.41, 5.74) is 0.745. The van der Waals surface area contributed by atoms with Gasteiger partial charge < -0.3 is 19.3 Å². The maximum Gasteiger partial charge on any atom is 0.255 e. The topological polar surface area (TPSA) is 42.0 Å². The van der Waals surface area contributed by atoms with E-state index in [-0.39, 0.29) is 11.5 Å². The first kappa shape index (κ1) is 18.0. The molecule has 0 aromatic heterocycles. The Kier molecular flexibility index (Phi) is 5.04. The zero-order valence-corrected chi connectivity index (χ0v) is 15.8. The molecule has 4 rings (SSSR count). The van der Waals surface area contributed by atoms with Gasteiger partial charge in [0.2, 0.25) is 0 Å². The van der Waals surface area contributed by atoms with Crippen molar-refractivity contribution in [2.24, 2.45) is 0 Å². The van der Waals surface area contributed by atoms with Crippen LogP contribution in [0, 0.1) is 0 Å². The molecule has 0 unspecified atom stereocenters. The summed E-state index contributed by atoms with van der Waals surface area (Å²) in [4.78, 5) is 17.2. The van der Waals surface area contributed by atoms with E-state index in [0.717, 1.165) is 58.3 Å². The van der Waals surface area contributed by atoms with Crippen LogP contribution in [0.2, 0.25) is 0 Å². The van der Waals surface area contributed by atoms with Crippen molar-refractivity contribution in [2.75, 3.05) is 46.4 Å². The summed E-state index contributed by atoms with van der Waals surface area (Å²) in [6.45, 7) is 5.20. The van der Waals surface area contributed by atoms with Gasteiger partial charge in [0.1, 0.15) is 5.60 Å². The third-order valence-electron chi connectivity index (χ3n) is 6.16. The van der Waals surface area contributed by atoms with Crippen LogP contribution in [-0.2, 0) is 20.7 Å². The molecule has 2 aliphatic heterocycles. The molecule has 2 heterocycles. The van der Waals surface area contributed by atoms with Crippen molar-refractivity contribution in [3.8, 4) is 0 Å². The Hall–Kier alpha value is -1.43. The number of rotatable bonds is 6. The Morgan fingerprint density at radius 2 is 1.81 bits per heavy atom. The third-order valence-corrected chi connectivity index (χ3v) is 6.16. The Labute approximate surface area is 156 Å². The maximum atomic E-state index is 12.7. The van der Waals surface area contributed by atoms with E-state index >= 15 is 0 Å². The van der Waals surface area contributed by atoms with Gasteiger partial charge >= 0.3 is 0 Å². The fraction of sp³-hybridized carbons (Fsp3) is 0.667. The van der Waals surface area contributed by atoms with Crippen LogP contribution in [0.4, 0.5) is 0 Å². The van der Waals surface area contributed by atoms with Gasteiger partial charge in [0.25, 0.3) is 5.91 Å². The number of carbonyl (C=O) groups is 1. The Bertz CT molecular complexity index is 621. The fourth-order valence-corrected chi connectivity index (χ4v) is 4.39. The van der Waals surface area contributed by atoms with E-state index in [2.05, 4.69) is 35.2 Å². The van der Waals surface area contributed by atoms with Crippen LogP contribution in [0.3, 0.4) is 0 Å². The van der Waals surface area contributed by atoms with Gasteiger partial charge in [-0.2, -0.15) is 0 Å². The molecule has 3 fully saturated rings. The molecule has 0 bridgehead atoms. The van der Waals surface area contributed by atoms with Crippen LogP contribution in [0.15, 0.2) is 30.3 Å². The molecule has 0 radical (unpaired) electrons. The lowest BCUT2D eigenvalue weighted by Crippen LogP contribution is -2.63. The molecular weight excluding hydrogens is 328 g/mol. The Balaban J connectivity index is 1.34. The second kappa shape index (κ2) is 7.29. The molecule has 142 valence electrons. The molecule has 1 aliphatic carbocycles. The number of methoxy groups -OCH3 is 1. The highest BCUT2D eigenvalue weighted by Crippen LogP contribution is 2.49. The summed E-state index contributed by atoms with van der Waals surface area (Å²) < 4.78 is 11.7. The number of benzene rings is 1. The van der Waals surface area contributed by atoms with Crippen molar-refractivity contribution in [3.63, 3.8) is 0 Å². The maximum absolute atomic E-state index is 12.7. The van der Waals surface area contributed by atoms with Crippen molar-refractivity contribution >= 4 is 5.91 Å². The second-order valence-corrected chi connectivity index (χ2v) is 8.08. The summed E-state index contributed by atoms with van der Waals surface area (Å²) in [5.74, 6) is 0.187. The smallest absolute Gasteiger partial charge is 0.255 e. The predicted octanol–water partition coefficient (Wildman–Crippen LogP) is 2.10. The van der Waals surface area contributed by atoms with Crippen molar-refractivity contribution in [3.05, 3.63) is 35.9 Å². The molecule has 1 amide bonds. The number of likely N-dealkylation sites (tertiary alicyclic amines) is 1. The fourth-order valence-electron chi connectivity index (χ4n) is 4.39. The average molecular weight is 358 g/mol. The second-order valence-electron chi connectivity index (χ2n) is 8.08. The minimum Gasteiger partial charge on any atom is -0.383 e. The number of hydrogen-bond acceptors (Lipinski definition) is 4. The highest BCUT2D eigenvalue weighted by molar-refractivity contribution is 5.89. The third kappa shape index (κ3) is 3.66. The zero-order chi connectivity index (χ0) is 18.0. The van der Waals surface area contributed by atoms with Crippen LogP contribution in [-0.4, -0.2) is 73.3 Å². The van der Waals surface area contributed by atoms with E-state index in [1.54, 1.807) is 7.11 Å². The molecule has 2 spiro atoms. The molecular formula is C21H30N2O3. The van der Waals surface area contributed by atoms with Gasteiger partial charge in [0.05, 0.1) is 12.2 Å². The van der Waals surface area contributed by atoms with E-state index < -0.39 is 5.60 Å². The molecule has 5 heteroatoms. The average Bonchev–Trinajstić information content (AvgIpc) is 3.44. The van der Waals surface area contributed by atoms with E-state index in [1.165, 1.54) is 5.56 Å². The summed E-state index contributed by atoms with van der Waals surface area (Å²) in [6, 6.07) is 10.7. The summed E-state index contributed by atoms with van der Waals surface area (Å²) >= 11 is 0. The van der Waals surface area contributed by atoms with Crippen LogP contribution >= 0.6 is 0 Å². The van der Waals surface area contributed by atoms with E-state index in [0.29, 0.717) is 13.2 Å². The van der Waals surface area contributed by atoms with E-state index in [1.807, 2.05) is 4.90 Å². The molecule has 0 N–H and O–H groups in total. The zero-order valence-electron chi connectivity index (χ0n) is 15.8. The van der Waals surface area contributed by atoms with Crippen molar-refractivity contribution in [1.82, 2.24) is 9.80 Å². The highest BCUT2D eigenvalue weighted by atomic mass is 16.5. The van der Waals surface area contributed by atoms with Gasteiger partial charge in [-0.1, -0.05) is 30.3 Å². The van der Waals surface area contributed by atoms with Crippen LogP contribution < -0.4 is 0 Å². The van der Waals surface area contributed by atoms with Gasteiger partial charge in [-0.3, -0.25) is 4.79 Å². The lowest BCUT2D eigenvalue weighted by atomic mass is 9.87. The highest BCUT2D eigenvalue weighted by Gasteiger charge is 2.61. The van der Waals surface area contributed by atoms with Gasteiger partial charge in [0, 0.05) is 39.8 Å². The molecule has 1 aromatic carbocycles. The van der Waals surface area contributed by atoms with E-state index in [4.69, 9.17) is 9.47 Å². The molecule has 1 aromatic rings. The number of nitrogens with zero attached hydrogens (tertiary/aromatic N) is 2. The van der Waals surface area contributed by atoms with Gasteiger partial charge in [0.15, 0.2) is 0 Å². The monoisotopic (exact) mass is 358 g/mol. The Morgan fingerprint density at radius 3 is 2.46 bits per heavy atom. The minimum absolute atomic E-state index is 0.151. The molecule has 0 atom stereocenters. The largest absolute Gasteiger partial charge is 0.383 e. The minimum atomic E-state index is -0.502. The first-order valence-electron chi connectivity index (χ1n) is 9.90. The summed E-state index contributed by atoms with van der Waals surface area (Å²) in [7, 11) is 1.69. The van der Waals surface area contributed by atoms with Gasteiger partial charge in [-0.15, -0.1) is 0 Å². The molecule has 26 heavy (non-hydrogen) atoms. The number of carbonyl (C=O) groups excluding carboxylic acids is 1. The molecule has 5 nitrogen and oxygen atoms in total. The standard InChI is InChI=1S/C21H30N2O3/c1-25-16-15-23-17-20(26-21(8-9-21)19(23)24)10-13-22(14-11-20)12-7-18-5-3-2-4-6-18/h2-6H,7-17H2,1H3. The SMILES string of the molecule is COCCN1CC2(CCN(CCc3ccccc3)CC2)OC2(CC2)C1=O. The lowest BCUT2D eigenvalue weighted by molar-refractivity contribution is -0.201. The molecule has 3 aliphatic rings. The van der Waals surface area contributed by atoms with Crippen LogP contribution in [0.5, 0.6) is 0 Å². The van der Waals surface area contributed by atoms with Crippen molar-refractivity contribution in [1.29, 1.82) is 0 Å². The van der Waals surface area contributed by atoms with Crippen LogP contribution in [0.1, 0.15) is 31.2 Å². The number of piperidine rings is 1. The number of amides is 1. The number of morpholine rings is 1. The Morgan fingerprint density at radius 1 is 1.08 bits per heavy atom. The van der Waals surface area contributed by atoms with Gasteiger partial charge in [-0.25, -0.2) is 0 Å². The first-order valence-corrected chi connectivity index (χ1v) is 9.90. The first-order chi connectivity index (χ1) is 12.6. The lowest BCUT2D eigenvalue weighted by Gasteiger charge is -2.50. The number of ether oxygens (including phenoxy) is 2. The van der Waals surface area contributed by atoms with Crippen molar-refractivity contribution in [2.45, 2.75) is 43.3 Å². The van der Waals surface area contributed by atoms with Crippen molar-refractivity contribution < 1.29 is 14.3 Å². The quantitative estimate of drug-likeness (QED) is 0.781. The van der Waals surface area contributed by atoms with Gasteiger partial charge in [-0.05, 0) is 37.7 Å².